The molecule has 0 radical (unpaired) electrons. The van der Waals surface area contributed by atoms with Crippen LogP contribution in [0.3, 0.4) is 0 Å². The van der Waals surface area contributed by atoms with Crippen LogP contribution >= 0.6 is 27.5 Å². The molecule has 0 aliphatic carbocycles. The zero-order chi connectivity index (χ0) is 18.4. The number of hydrogen-bond acceptors (Lipinski definition) is 3. The van der Waals surface area contributed by atoms with E-state index in [1.54, 1.807) is 6.07 Å². The highest BCUT2D eigenvalue weighted by atomic mass is 79.9. The Balaban J connectivity index is 1.59. The van der Waals surface area contributed by atoms with Crippen molar-refractivity contribution in [1.29, 1.82) is 0 Å². The number of benzene rings is 2. The molecule has 1 saturated heterocycles. The smallest absolute Gasteiger partial charge is 0.124 e. The maximum Gasteiger partial charge on any atom is 0.124 e. The lowest BCUT2D eigenvalue weighted by Gasteiger charge is -2.23. The average molecular weight is 442 g/mol. The SMILES string of the molecule is Fc1ccc(COc2ccc(Br)cc2CNCC2CCNCC2)c(Cl)c1. The molecule has 1 aliphatic rings. The van der Waals surface area contributed by atoms with Gasteiger partial charge in [-0.3, -0.25) is 0 Å². The number of hydrogen-bond donors (Lipinski definition) is 2. The fraction of sp³-hybridized carbons (Fsp3) is 0.400. The summed E-state index contributed by atoms with van der Waals surface area (Å²) in [5, 5.41) is 7.33. The molecule has 0 unspecified atom stereocenters. The van der Waals surface area contributed by atoms with Gasteiger partial charge in [0.25, 0.3) is 0 Å². The monoisotopic (exact) mass is 440 g/mol. The lowest BCUT2D eigenvalue weighted by atomic mass is 9.98. The van der Waals surface area contributed by atoms with Crippen molar-refractivity contribution in [2.24, 2.45) is 5.92 Å². The fourth-order valence-corrected chi connectivity index (χ4v) is 3.75. The van der Waals surface area contributed by atoms with E-state index < -0.39 is 0 Å². The maximum atomic E-state index is 13.2. The van der Waals surface area contributed by atoms with Gasteiger partial charge < -0.3 is 15.4 Å². The van der Waals surface area contributed by atoms with Crippen LogP contribution in [0.25, 0.3) is 0 Å². The molecule has 1 aliphatic heterocycles. The molecule has 2 aromatic rings. The van der Waals surface area contributed by atoms with E-state index in [1.165, 1.54) is 25.0 Å². The lowest BCUT2D eigenvalue weighted by molar-refractivity contribution is 0.300. The topological polar surface area (TPSA) is 33.3 Å². The number of ether oxygens (including phenoxy) is 1. The summed E-state index contributed by atoms with van der Waals surface area (Å²) in [4.78, 5) is 0. The van der Waals surface area contributed by atoms with Crippen LogP contribution in [0.1, 0.15) is 24.0 Å². The van der Waals surface area contributed by atoms with Crippen molar-refractivity contribution < 1.29 is 9.13 Å². The second kappa shape index (κ2) is 9.70. The second-order valence-corrected chi connectivity index (χ2v) is 7.92. The third-order valence-corrected chi connectivity index (χ3v) is 5.47. The molecule has 0 atom stereocenters. The first-order valence-electron chi connectivity index (χ1n) is 8.88. The Morgan fingerprint density at radius 2 is 1.96 bits per heavy atom. The number of rotatable bonds is 7. The Kier molecular flexibility index (Phi) is 7.32. The van der Waals surface area contributed by atoms with Gasteiger partial charge in [0.15, 0.2) is 0 Å². The van der Waals surface area contributed by atoms with Crippen LogP contribution < -0.4 is 15.4 Å². The Bertz CT molecular complexity index is 738. The molecular weight excluding hydrogens is 419 g/mol. The van der Waals surface area contributed by atoms with E-state index in [0.717, 1.165) is 53.4 Å². The van der Waals surface area contributed by atoms with E-state index in [2.05, 4.69) is 32.6 Å². The summed E-state index contributed by atoms with van der Waals surface area (Å²) in [5.74, 6) is 1.20. The van der Waals surface area contributed by atoms with Crippen molar-refractivity contribution in [1.82, 2.24) is 10.6 Å². The standard InChI is InChI=1S/C20H23BrClFN2O/c21-17-2-4-20(26-13-15-1-3-18(23)10-19(15)22)16(9-17)12-25-11-14-5-7-24-8-6-14/h1-4,9-10,14,24-25H,5-8,11-13H2. The Morgan fingerprint density at radius 3 is 2.73 bits per heavy atom. The third-order valence-electron chi connectivity index (χ3n) is 4.63. The molecule has 3 rings (SSSR count). The highest BCUT2D eigenvalue weighted by Crippen LogP contribution is 2.26. The number of piperidine rings is 1. The van der Waals surface area contributed by atoms with Gasteiger partial charge in [0.2, 0.25) is 0 Å². The second-order valence-electron chi connectivity index (χ2n) is 6.60. The zero-order valence-electron chi connectivity index (χ0n) is 14.5. The predicted molar refractivity (Wildman–Crippen MR) is 107 cm³/mol. The highest BCUT2D eigenvalue weighted by Gasteiger charge is 2.13. The summed E-state index contributed by atoms with van der Waals surface area (Å²) >= 11 is 9.61. The van der Waals surface area contributed by atoms with Gasteiger partial charge in [-0.25, -0.2) is 4.39 Å². The molecule has 2 aromatic carbocycles. The minimum absolute atomic E-state index is 0.308. The summed E-state index contributed by atoms with van der Waals surface area (Å²) in [7, 11) is 0. The van der Waals surface area contributed by atoms with E-state index in [4.69, 9.17) is 16.3 Å². The van der Waals surface area contributed by atoms with E-state index in [0.29, 0.717) is 11.6 Å². The Morgan fingerprint density at radius 1 is 1.15 bits per heavy atom. The van der Waals surface area contributed by atoms with Gasteiger partial charge in [-0.2, -0.15) is 0 Å². The molecule has 6 heteroatoms. The summed E-state index contributed by atoms with van der Waals surface area (Å²) < 4.78 is 20.2. The first-order valence-corrected chi connectivity index (χ1v) is 10.1. The zero-order valence-corrected chi connectivity index (χ0v) is 16.9. The van der Waals surface area contributed by atoms with Crippen LogP contribution in [0.15, 0.2) is 40.9 Å². The molecule has 3 nitrogen and oxygen atoms in total. The van der Waals surface area contributed by atoms with Gasteiger partial charge in [0.1, 0.15) is 18.2 Å². The highest BCUT2D eigenvalue weighted by molar-refractivity contribution is 9.10. The van der Waals surface area contributed by atoms with Gasteiger partial charge in [-0.15, -0.1) is 0 Å². The van der Waals surface area contributed by atoms with Gasteiger partial charge in [-0.05, 0) is 68.7 Å². The van der Waals surface area contributed by atoms with E-state index in [1.807, 2.05) is 12.1 Å². The minimum atomic E-state index is -0.342. The normalized spacial score (nSPS) is 15.2. The van der Waals surface area contributed by atoms with Crippen LogP contribution in [-0.4, -0.2) is 19.6 Å². The van der Waals surface area contributed by atoms with Gasteiger partial charge in [0.05, 0.1) is 5.02 Å². The molecule has 140 valence electrons. The summed E-state index contributed by atoms with van der Waals surface area (Å²) in [6.07, 6.45) is 2.44. The Hall–Kier alpha value is -1.14. The van der Waals surface area contributed by atoms with Crippen LogP contribution in [0.2, 0.25) is 5.02 Å². The molecule has 0 bridgehead atoms. The molecule has 26 heavy (non-hydrogen) atoms. The van der Waals surface area contributed by atoms with Gasteiger partial charge >= 0.3 is 0 Å². The first-order chi connectivity index (χ1) is 12.6. The predicted octanol–water partition coefficient (Wildman–Crippen LogP) is 4.91. The molecule has 2 N–H and O–H groups in total. The molecule has 1 heterocycles. The van der Waals surface area contributed by atoms with Gasteiger partial charge in [-0.1, -0.05) is 33.6 Å². The largest absolute Gasteiger partial charge is 0.489 e. The van der Waals surface area contributed by atoms with Crippen molar-refractivity contribution in [3.63, 3.8) is 0 Å². The van der Waals surface area contributed by atoms with E-state index >= 15 is 0 Å². The van der Waals surface area contributed by atoms with Crippen LogP contribution in [0.5, 0.6) is 5.75 Å². The van der Waals surface area contributed by atoms with Crippen molar-refractivity contribution in [3.8, 4) is 5.75 Å². The molecule has 0 spiro atoms. The van der Waals surface area contributed by atoms with Crippen molar-refractivity contribution >= 4 is 27.5 Å². The van der Waals surface area contributed by atoms with Crippen LogP contribution in [0.4, 0.5) is 4.39 Å². The fourth-order valence-electron chi connectivity index (χ4n) is 3.12. The molecular formula is C20H23BrClFN2O. The average Bonchev–Trinajstić information content (AvgIpc) is 2.63. The van der Waals surface area contributed by atoms with Crippen molar-refractivity contribution in [2.75, 3.05) is 19.6 Å². The Labute approximate surface area is 167 Å². The molecule has 0 saturated carbocycles. The van der Waals surface area contributed by atoms with Crippen molar-refractivity contribution in [3.05, 3.63) is 62.8 Å². The first kappa shape index (κ1) is 19.6. The molecule has 1 fully saturated rings. The number of nitrogens with one attached hydrogen (secondary N) is 2. The van der Waals surface area contributed by atoms with E-state index in [9.17, 15) is 4.39 Å². The number of halogens is 3. The maximum absolute atomic E-state index is 13.2. The summed E-state index contributed by atoms with van der Waals surface area (Å²) in [5.41, 5.74) is 1.86. The quantitative estimate of drug-likeness (QED) is 0.640. The van der Waals surface area contributed by atoms with Gasteiger partial charge in [0, 0.05) is 22.1 Å². The minimum Gasteiger partial charge on any atom is -0.489 e. The summed E-state index contributed by atoms with van der Waals surface area (Å²) in [6, 6.07) is 10.3. The van der Waals surface area contributed by atoms with Crippen LogP contribution in [0, 0.1) is 11.7 Å². The molecule has 0 amide bonds. The lowest BCUT2D eigenvalue weighted by Crippen LogP contribution is -2.33. The van der Waals surface area contributed by atoms with Crippen LogP contribution in [-0.2, 0) is 13.2 Å². The van der Waals surface area contributed by atoms with E-state index in [-0.39, 0.29) is 5.82 Å². The van der Waals surface area contributed by atoms with Crippen molar-refractivity contribution in [2.45, 2.75) is 26.0 Å². The molecule has 0 aromatic heterocycles. The summed E-state index contributed by atoms with van der Waals surface area (Å²) in [6.45, 7) is 4.28. The third kappa shape index (κ3) is 5.68.